The summed E-state index contributed by atoms with van der Waals surface area (Å²) in [6.07, 6.45) is 0.898. The molecule has 0 aliphatic carbocycles. The van der Waals surface area contributed by atoms with Crippen LogP contribution in [0.3, 0.4) is 0 Å². The Hall–Kier alpha value is -3.09. The zero-order valence-electron chi connectivity index (χ0n) is 16.6. The van der Waals surface area contributed by atoms with Crippen molar-refractivity contribution in [2.24, 2.45) is 0 Å². The lowest BCUT2D eigenvalue weighted by molar-refractivity contribution is -0.138. The fourth-order valence-corrected chi connectivity index (χ4v) is 3.71. The van der Waals surface area contributed by atoms with E-state index < -0.39 is 6.10 Å². The van der Waals surface area contributed by atoms with Crippen molar-refractivity contribution in [2.45, 2.75) is 26.1 Å². The molecular weight excluding hydrogens is 437 g/mol. The van der Waals surface area contributed by atoms with Gasteiger partial charge in [-0.25, -0.2) is 4.98 Å². The number of amides is 2. The highest BCUT2D eigenvalue weighted by Gasteiger charge is 2.28. The van der Waals surface area contributed by atoms with Crippen LogP contribution in [0.4, 0.5) is 5.69 Å². The van der Waals surface area contributed by atoms with Crippen LogP contribution in [0.1, 0.15) is 28.4 Å². The third-order valence-corrected chi connectivity index (χ3v) is 5.49. The van der Waals surface area contributed by atoms with Gasteiger partial charge in [-0.2, -0.15) is 0 Å². The Morgan fingerprint density at radius 2 is 1.97 bits per heavy atom. The van der Waals surface area contributed by atoms with Crippen LogP contribution in [-0.2, 0) is 17.9 Å². The van der Waals surface area contributed by atoms with Crippen LogP contribution in [0.25, 0.3) is 0 Å². The minimum atomic E-state index is -0.622. The quantitative estimate of drug-likeness (QED) is 0.564. The van der Waals surface area contributed by atoms with Crippen molar-refractivity contribution >= 4 is 40.7 Å². The maximum atomic E-state index is 12.9. The van der Waals surface area contributed by atoms with E-state index in [9.17, 15) is 9.59 Å². The Bertz CT molecular complexity index is 1140. The predicted molar refractivity (Wildman–Crippen MR) is 119 cm³/mol. The second kappa shape index (κ2) is 8.96. The highest BCUT2D eigenvalue weighted by atomic mass is 35.5. The number of pyridine rings is 1. The number of hydrogen-bond donors (Lipinski definition) is 1. The van der Waals surface area contributed by atoms with E-state index in [1.807, 2.05) is 12.1 Å². The van der Waals surface area contributed by atoms with Crippen molar-refractivity contribution in [1.82, 2.24) is 9.88 Å². The normalized spacial score (nSPS) is 15.6. The smallest absolute Gasteiger partial charge is 0.263 e. The third kappa shape index (κ3) is 4.81. The number of benzene rings is 2. The Balaban J connectivity index is 1.57. The Morgan fingerprint density at radius 3 is 2.71 bits per heavy atom. The molecule has 2 amide bonds. The summed E-state index contributed by atoms with van der Waals surface area (Å²) < 4.78 is 5.86. The molecule has 158 valence electrons. The fourth-order valence-electron chi connectivity index (χ4n) is 3.38. The number of anilines is 1. The van der Waals surface area contributed by atoms with Crippen molar-refractivity contribution in [3.05, 3.63) is 87.7 Å². The number of carbonyl (C=O) groups is 2. The Labute approximate surface area is 189 Å². The first-order chi connectivity index (χ1) is 14.9. The zero-order chi connectivity index (χ0) is 22.0. The summed E-state index contributed by atoms with van der Waals surface area (Å²) in [6.45, 7) is 2.50. The molecular formula is C23H19Cl2N3O3. The number of rotatable bonds is 4. The van der Waals surface area contributed by atoms with E-state index in [1.54, 1.807) is 54.3 Å². The second-order valence-electron chi connectivity index (χ2n) is 7.20. The molecule has 1 N–H and O–H groups in total. The van der Waals surface area contributed by atoms with Crippen molar-refractivity contribution in [2.75, 3.05) is 5.32 Å². The number of nitrogens with one attached hydrogen (secondary N) is 1. The molecule has 1 atom stereocenters. The molecule has 3 aromatic rings. The van der Waals surface area contributed by atoms with Gasteiger partial charge >= 0.3 is 0 Å². The molecule has 2 heterocycles. The molecule has 0 bridgehead atoms. The second-order valence-corrected chi connectivity index (χ2v) is 7.99. The van der Waals surface area contributed by atoms with Gasteiger partial charge in [0.15, 0.2) is 6.10 Å². The van der Waals surface area contributed by atoms with Gasteiger partial charge in [0.2, 0.25) is 0 Å². The zero-order valence-corrected chi connectivity index (χ0v) is 18.2. The van der Waals surface area contributed by atoms with E-state index in [4.69, 9.17) is 27.9 Å². The van der Waals surface area contributed by atoms with E-state index >= 15 is 0 Å². The first kappa shape index (κ1) is 21.2. The summed E-state index contributed by atoms with van der Waals surface area (Å²) in [5.74, 6) is 0.130. The average Bonchev–Trinajstić information content (AvgIpc) is 2.86. The van der Waals surface area contributed by atoms with E-state index in [0.29, 0.717) is 29.5 Å². The van der Waals surface area contributed by atoms with Crippen molar-refractivity contribution in [3.63, 3.8) is 0 Å². The molecule has 0 spiro atoms. The van der Waals surface area contributed by atoms with Gasteiger partial charge in [-0.3, -0.25) is 9.59 Å². The number of carbonyl (C=O) groups excluding carboxylic acids is 2. The summed E-state index contributed by atoms with van der Waals surface area (Å²) in [7, 11) is 0. The Morgan fingerprint density at radius 1 is 1.19 bits per heavy atom. The molecule has 31 heavy (non-hydrogen) atoms. The van der Waals surface area contributed by atoms with Crippen LogP contribution in [-0.4, -0.2) is 27.8 Å². The van der Waals surface area contributed by atoms with Crippen LogP contribution in [0.5, 0.6) is 5.75 Å². The molecule has 0 fully saturated rings. The molecule has 0 radical (unpaired) electrons. The van der Waals surface area contributed by atoms with Gasteiger partial charge in [-0.05, 0) is 55.0 Å². The number of halogens is 2. The van der Waals surface area contributed by atoms with Gasteiger partial charge < -0.3 is 15.0 Å². The molecule has 1 aromatic heterocycles. The molecule has 2 aromatic carbocycles. The first-order valence-corrected chi connectivity index (χ1v) is 10.4. The topological polar surface area (TPSA) is 71.5 Å². The van der Waals surface area contributed by atoms with Crippen molar-refractivity contribution < 1.29 is 14.3 Å². The van der Waals surface area contributed by atoms with Crippen molar-refractivity contribution in [1.29, 1.82) is 0 Å². The predicted octanol–water partition coefficient (Wildman–Crippen LogP) is 4.95. The van der Waals surface area contributed by atoms with Crippen LogP contribution in [0.2, 0.25) is 10.2 Å². The van der Waals surface area contributed by atoms with E-state index in [2.05, 4.69) is 10.3 Å². The van der Waals surface area contributed by atoms with E-state index in [-0.39, 0.29) is 22.5 Å². The molecule has 0 unspecified atom stereocenters. The molecule has 6 nitrogen and oxygen atoms in total. The van der Waals surface area contributed by atoms with Gasteiger partial charge in [-0.1, -0.05) is 35.3 Å². The molecule has 4 rings (SSSR count). The number of ether oxygens (including phenoxy) is 1. The maximum Gasteiger partial charge on any atom is 0.263 e. The number of nitrogens with zero attached hydrogens (tertiary/aromatic N) is 2. The molecule has 0 saturated heterocycles. The van der Waals surface area contributed by atoms with Gasteiger partial charge in [0.05, 0.1) is 5.56 Å². The first-order valence-electron chi connectivity index (χ1n) is 9.65. The highest BCUT2D eigenvalue weighted by molar-refractivity contribution is 6.33. The standard InChI is InChI=1S/C23H19Cl2N3O3/c1-14-23(30)28(12-15-4-6-17(24)7-5-15)13-16-11-18(8-9-20(16)31-14)27-22(29)19-3-2-10-26-21(19)25/h2-11,14H,12-13H2,1H3,(H,27,29)/t14-/m0/s1. The molecule has 1 aliphatic rings. The summed E-state index contributed by atoms with van der Waals surface area (Å²) >= 11 is 12.0. The average molecular weight is 456 g/mol. The highest BCUT2D eigenvalue weighted by Crippen LogP contribution is 2.30. The van der Waals surface area contributed by atoms with Gasteiger partial charge in [-0.15, -0.1) is 0 Å². The molecule has 0 saturated carbocycles. The largest absolute Gasteiger partial charge is 0.481 e. The third-order valence-electron chi connectivity index (χ3n) is 4.93. The van der Waals surface area contributed by atoms with Crippen LogP contribution in [0, 0.1) is 0 Å². The van der Waals surface area contributed by atoms with E-state index in [1.165, 1.54) is 6.20 Å². The fraction of sp³-hybridized carbons (Fsp3) is 0.174. The summed E-state index contributed by atoms with van der Waals surface area (Å²) in [6, 6.07) is 15.9. The van der Waals surface area contributed by atoms with Gasteiger partial charge in [0, 0.05) is 35.6 Å². The maximum absolute atomic E-state index is 12.9. The van der Waals surface area contributed by atoms with Crippen LogP contribution in [0.15, 0.2) is 60.8 Å². The van der Waals surface area contributed by atoms with Crippen molar-refractivity contribution in [3.8, 4) is 5.75 Å². The SMILES string of the molecule is C[C@@H]1Oc2ccc(NC(=O)c3cccnc3Cl)cc2CN(Cc2ccc(Cl)cc2)C1=O. The number of aromatic nitrogens is 1. The van der Waals surface area contributed by atoms with Crippen LogP contribution < -0.4 is 10.1 Å². The lowest BCUT2D eigenvalue weighted by atomic mass is 10.1. The summed E-state index contributed by atoms with van der Waals surface area (Å²) in [5, 5.41) is 3.60. The minimum Gasteiger partial charge on any atom is -0.481 e. The van der Waals surface area contributed by atoms with Crippen LogP contribution >= 0.6 is 23.2 Å². The molecule has 8 heteroatoms. The monoisotopic (exact) mass is 455 g/mol. The van der Waals surface area contributed by atoms with Gasteiger partial charge in [0.1, 0.15) is 10.9 Å². The summed E-state index contributed by atoms with van der Waals surface area (Å²) in [5.41, 5.74) is 2.61. The van der Waals surface area contributed by atoms with E-state index in [0.717, 1.165) is 11.1 Å². The lowest BCUT2D eigenvalue weighted by Crippen LogP contribution is -2.37. The lowest BCUT2D eigenvalue weighted by Gasteiger charge is -2.22. The summed E-state index contributed by atoms with van der Waals surface area (Å²) in [4.78, 5) is 31.1. The Kier molecular flexibility index (Phi) is 6.11. The minimum absolute atomic E-state index is 0.112. The number of hydrogen-bond acceptors (Lipinski definition) is 4. The molecule has 1 aliphatic heterocycles. The van der Waals surface area contributed by atoms with Gasteiger partial charge in [0.25, 0.3) is 11.8 Å². The number of fused-ring (bicyclic) bond motifs is 1.